The molecule has 0 radical (unpaired) electrons. The van der Waals surface area contributed by atoms with Gasteiger partial charge >= 0.3 is 11.9 Å². The Balaban J connectivity index is 1.60. The SMILES string of the molecule is CO[C@@H]1OC(=O)[C@]2(Br)[C@H]1[C@@]21C(=O)O[C@@H](O[C@@H]2C[C@H](C)CC[C@H]2C(C)C)[C@@H]1OC. The maximum atomic E-state index is 13.0. The molecule has 0 aromatic carbocycles. The molecule has 2 aliphatic carbocycles. The van der Waals surface area contributed by atoms with Gasteiger partial charge in [-0.2, -0.15) is 0 Å². The number of fused-ring (bicyclic) bond motifs is 3. The monoisotopic (exact) mass is 460 g/mol. The highest BCUT2D eigenvalue weighted by Gasteiger charge is 2.96. The predicted molar refractivity (Wildman–Crippen MR) is 101 cm³/mol. The summed E-state index contributed by atoms with van der Waals surface area (Å²) in [5.41, 5.74) is -1.18. The van der Waals surface area contributed by atoms with Crippen LogP contribution in [0.3, 0.4) is 0 Å². The zero-order chi connectivity index (χ0) is 20.4. The van der Waals surface area contributed by atoms with Crippen LogP contribution in [-0.2, 0) is 33.3 Å². The highest BCUT2D eigenvalue weighted by atomic mass is 79.9. The first-order chi connectivity index (χ1) is 13.2. The van der Waals surface area contributed by atoms with Crippen LogP contribution >= 0.6 is 15.9 Å². The Hall–Kier alpha value is -0.700. The van der Waals surface area contributed by atoms with Gasteiger partial charge in [-0.25, -0.2) is 0 Å². The van der Waals surface area contributed by atoms with Crippen molar-refractivity contribution in [1.82, 2.24) is 0 Å². The zero-order valence-corrected chi connectivity index (χ0v) is 18.6. The van der Waals surface area contributed by atoms with Crippen LogP contribution in [-0.4, -0.2) is 55.3 Å². The first-order valence-corrected chi connectivity index (χ1v) is 10.8. The Bertz CT molecular complexity index is 669. The molecule has 1 spiro atoms. The molecule has 9 atom stereocenters. The lowest BCUT2D eigenvalue weighted by molar-refractivity contribution is -0.210. The van der Waals surface area contributed by atoms with Crippen LogP contribution in [0.4, 0.5) is 0 Å². The first kappa shape index (κ1) is 20.6. The fourth-order valence-electron chi connectivity index (χ4n) is 5.72. The van der Waals surface area contributed by atoms with Gasteiger partial charge in [0.05, 0.1) is 12.0 Å². The number of rotatable bonds is 5. The van der Waals surface area contributed by atoms with Crippen LogP contribution < -0.4 is 0 Å². The molecule has 2 aliphatic heterocycles. The summed E-state index contributed by atoms with van der Waals surface area (Å²) >= 11 is 3.48. The van der Waals surface area contributed by atoms with E-state index in [2.05, 4.69) is 36.7 Å². The second-order valence-corrected chi connectivity index (χ2v) is 10.2. The van der Waals surface area contributed by atoms with Gasteiger partial charge in [0.1, 0.15) is 11.5 Å². The minimum atomic E-state index is -1.19. The molecule has 0 aromatic heterocycles. The maximum absolute atomic E-state index is 13.0. The van der Waals surface area contributed by atoms with Gasteiger partial charge in [-0.05, 0) is 30.6 Å². The summed E-state index contributed by atoms with van der Waals surface area (Å²) in [6.45, 7) is 6.62. The number of carbonyl (C=O) groups excluding carboxylic acids is 2. The van der Waals surface area contributed by atoms with E-state index < -0.39 is 46.3 Å². The molecular formula is C20H29BrO7. The van der Waals surface area contributed by atoms with Crippen LogP contribution in [0, 0.1) is 29.1 Å². The Morgan fingerprint density at radius 3 is 2.36 bits per heavy atom. The summed E-state index contributed by atoms with van der Waals surface area (Å²) in [6, 6.07) is 0. The fourth-order valence-corrected chi connectivity index (χ4v) is 6.91. The Labute approximate surface area is 173 Å². The van der Waals surface area contributed by atoms with Crippen molar-refractivity contribution in [1.29, 1.82) is 0 Å². The van der Waals surface area contributed by atoms with Crippen molar-refractivity contribution in [2.45, 2.75) is 69.1 Å². The van der Waals surface area contributed by atoms with E-state index in [1.807, 2.05) is 0 Å². The van der Waals surface area contributed by atoms with Crippen molar-refractivity contribution >= 4 is 27.9 Å². The Kier molecular flexibility index (Phi) is 5.09. The number of alkyl halides is 1. The number of carbonyl (C=O) groups is 2. The average Bonchev–Trinajstić information content (AvgIpc) is 2.94. The minimum Gasteiger partial charge on any atom is -0.434 e. The van der Waals surface area contributed by atoms with E-state index in [0.29, 0.717) is 17.8 Å². The second kappa shape index (κ2) is 6.93. The van der Waals surface area contributed by atoms with E-state index in [1.54, 1.807) is 0 Å². The first-order valence-electron chi connectivity index (χ1n) is 10.1. The smallest absolute Gasteiger partial charge is 0.327 e. The molecule has 4 fully saturated rings. The molecule has 8 heteroatoms. The molecule has 0 N–H and O–H groups in total. The number of hydrogen-bond donors (Lipinski definition) is 0. The molecule has 7 nitrogen and oxygen atoms in total. The van der Waals surface area contributed by atoms with Crippen molar-refractivity contribution in [3.63, 3.8) is 0 Å². The molecule has 2 saturated carbocycles. The van der Waals surface area contributed by atoms with Crippen molar-refractivity contribution in [3.05, 3.63) is 0 Å². The third kappa shape index (κ3) is 2.50. The number of ether oxygens (including phenoxy) is 5. The number of cyclic esters (lactones) is 2. The third-order valence-electron chi connectivity index (χ3n) is 7.24. The van der Waals surface area contributed by atoms with Crippen LogP contribution in [0.15, 0.2) is 0 Å². The number of methoxy groups -OCH3 is 2. The quantitative estimate of drug-likeness (QED) is 0.460. The summed E-state index contributed by atoms with van der Waals surface area (Å²) in [6.07, 6.45) is 0.818. The number of hydrogen-bond acceptors (Lipinski definition) is 7. The summed E-state index contributed by atoms with van der Waals surface area (Å²) in [5.74, 6) is -0.0832. The Morgan fingerprint density at radius 2 is 1.75 bits per heavy atom. The lowest BCUT2D eigenvalue weighted by atomic mass is 9.75. The van der Waals surface area contributed by atoms with Gasteiger partial charge in [-0.15, -0.1) is 0 Å². The highest BCUT2D eigenvalue weighted by Crippen LogP contribution is 2.77. The average molecular weight is 461 g/mol. The van der Waals surface area contributed by atoms with Crippen LogP contribution in [0.2, 0.25) is 0 Å². The van der Waals surface area contributed by atoms with Gasteiger partial charge in [-0.3, -0.25) is 9.59 Å². The number of halogens is 1. The van der Waals surface area contributed by atoms with E-state index in [4.69, 9.17) is 23.7 Å². The summed E-state index contributed by atoms with van der Waals surface area (Å²) in [4.78, 5) is 25.5. The largest absolute Gasteiger partial charge is 0.434 e. The van der Waals surface area contributed by atoms with E-state index in [1.165, 1.54) is 20.6 Å². The molecule has 158 valence electrons. The third-order valence-corrected chi connectivity index (χ3v) is 8.72. The molecule has 0 aromatic rings. The molecule has 0 amide bonds. The molecule has 28 heavy (non-hydrogen) atoms. The van der Waals surface area contributed by atoms with Crippen molar-refractivity contribution in [2.75, 3.05) is 14.2 Å². The van der Waals surface area contributed by atoms with E-state index >= 15 is 0 Å². The lowest BCUT2D eigenvalue weighted by Gasteiger charge is -2.38. The van der Waals surface area contributed by atoms with Gasteiger partial charge in [-0.1, -0.05) is 43.1 Å². The van der Waals surface area contributed by atoms with E-state index in [0.717, 1.165) is 12.8 Å². The van der Waals surface area contributed by atoms with Crippen LogP contribution in [0.25, 0.3) is 0 Å². The van der Waals surface area contributed by atoms with Gasteiger partial charge < -0.3 is 23.7 Å². The molecular weight excluding hydrogens is 432 g/mol. The van der Waals surface area contributed by atoms with Gasteiger partial charge in [0.2, 0.25) is 12.6 Å². The van der Waals surface area contributed by atoms with Gasteiger partial charge in [0.25, 0.3) is 0 Å². The van der Waals surface area contributed by atoms with Gasteiger partial charge in [0, 0.05) is 14.2 Å². The fraction of sp³-hybridized carbons (Fsp3) is 0.900. The summed E-state index contributed by atoms with van der Waals surface area (Å²) in [7, 11) is 2.97. The molecule has 0 unspecified atom stereocenters. The van der Waals surface area contributed by atoms with Crippen molar-refractivity contribution in [3.8, 4) is 0 Å². The maximum Gasteiger partial charge on any atom is 0.327 e. The standard InChI is InChI=1S/C20H29BrO7/c1-9(2)11-7-6-10(3)8-12(11)26-16-14(24-4)19(17(22)28-16)13-15(25-5)27-18(23)20(13,19)21/h9-16H,6-8H2,1-5H3/t10-,11+,12-,13-,14+,15-,16-,19-,20-/m1/s1. The molecule has 2 saturated heterocycles. The van der Waals surface area contributed by atoms with Crippen LogP contribution in [0.5, 0.6) is 0 Å². The van der Waals surface area contributed by atoms with E-state index in [9.17, 15) is 9.59 Å². The summed E-state index contributed by atoms with van der Waals surface area (Å²) in [5, 5.41) is 0. The molecule has 4 rings (SSSR count). The van der Waals surface area contributed by atoms with E-state index in [-0.39, 0.29) is 6.10 Å². The zero-order valence-electron chi connectivity index (χ0n) is 17.0. The Morgan fingerprint density at radius 1 is 1.07 bits per heavy atom. The summed E-state index contributed by atoms with van der Waals surface area (Å²) < 4.78 is 27.1. The number of esters is 2. The second-order valence-electron chi connectivity index (χ2n) is 9.00. The predicted octanol–water partition coefficient (Wildman–Crippen LogP) is 2.64. The van der Waals surface area contributed by atoms with Gasteiger partial charge in [0.15, 0.2) is 4.32 Å². The molecule has 4 aliphatic rings. The van der Waals surface area contributed by atoms with Crippen molar-refractivity contribution < 1.29 is 33.3 Å². The topological polar surface area (TPSA) is 80.3 Å². The lowest BCUT2D eigenvalue weighted by Crippen LogP contribution is -2.44. The highest BCUT2D eigenvalue weighted by molar-refractivity contribution is 9.10. The minimum absolute atomic E-state index is 0.00982. The normalized spacial score (nSPS) is 50.0. The van der Waals surface area contributed by atoms with Crippen LogP contribution in [0.1, 0.15) is 40.0 Å². The molecule has 2 heterocycles. The van der Waals surface area contributed by atoms with Crippen molar-refractivity contribution in [2.24, 2.45) is 29.1 Å². The molecule has 0 bridgehead atoms.